The van der Waals surface area contributed by atoms with E-state index in [-0.39, 0.29) is 5.41 Å². The zero-order valence-corrected chi connectivity index (χ0v) is 13.4. The summed E-state index contributed by atoms with van der Waals surface area (Å²) in [7, 11) is 0. The van der Waals surface area contributed by atoms with Gasteiger partial charge in [0.05, 0.1) is 10.7 Å². The first-order chi connectivity index (χ1) is 10.2. The van der Waals surface area contributed by atoms with Crippen molar-refractivity contribution in [1.29, 1.82) is 0 Å². The molecule has 1 aliphatic carbocycles. The van der Waals surface area contributed by atoms with E-state index in [1.807, 2.05) is 18.2 Å². The number of hydrogen-bond donors (Lipinski definition) is 1. The number of hydrogen-bond acceptors (Lipinski definition) is 3. The van der Waals surface area contributed by atoms with E-state index in [9.17, 15) is 5.11 Å². The molecule has 0 spiro atoms. The van der Waals surface area contributed by atoms with Crippen molar-refractivity contribution in [1.82, 2.24) is 4.90 Å². The molecule has 0 atom stereocenters. The first kappa shape index (κ1) is 15.1. The average molecular weight is 309 g/mol. The van der Waals surface area contributed by atoms with Gasteiger partial charge in [0.15, 0.2) is 0 Å². The Morgan fingerprint density at radius 3 is 2.33 bits per heavy atom. The minimum absolute atomic E-state index is 0.173. The highest BCUT2D eigenvalue weighted by Gasteiger charge is 2.35. The van der Waals surface area contributed by atoms with Gasteiger partial charge in [0.1, 0.15) is 0 Å². The molecule has 3 nitrogen and oxygen atoms in total. The molecule has 0 aromatic heterocycles. The molecule has 1 saturated heterocycles. The van der Waals surface area contributed by atoms with E-state index >= 15 is 0 Å². The fourth-order valence-corrected chi connectivity index (χ4v) is 4.08. The summed E-state index contributed by atoms with van der Waals surface area (Å²) in [5, 5.41) is 10.6. The van der Waals surface area contributed by atoms with Gasteiger partial charge in [-0.15, -0.1) is 0 Å². The highest BCUT2D eigenvalue weighted by molar-refractivity contribution is 6.33. The van der Waals surface area contributed by atoms with Crippen molar-refractivity contribution in [2.24, 2.45) is 5.41 Å². The molecule has 1 N–H and O–H groups in total. The summed E-state index contributed by atoms with van der Waals surface area (Å²) in [6.45, 7) is 5.56. The van der Waals surface area contributed by atoms with Gasteiger partial charge in [-0.3, -0.25) is 4.90 Å². The number of aliphatic hydroxyl groups is 1. The van der Waals surface area contributed by atoms with Gasteiger partial charge in [-0.25, -0.2) is 0 Å². The lowest BCUT2D eigenvalue weighted by molar-refractivity contribution is 0.0757. The van der Waals surface area contributed by atoms with Gasteiger partial charge in [0.25, 0.3) is 0 Å². The van der Waals surface area contributed by atoms with Crippen molar-refractivity contribution >= 4 is 17.3 Å². The van der Waals surface area contributed by atoms with Crippen molar-refractivity contribution in [2.75, 3.05) is 44.2 Å². The van der Waals surface area contributed by atoms with Crippen LogP contribution in [-0.2, 0) is 0 Å². The predicted octanol–water partition coefficient (Wildman–Crippen LogP) is 3.01. The lowest BCUT2D eigenvalue weighted by atomic mass is 9.86. The van der Waals surface area contributed by atoms with E-state index in [2.05, 4.69) is 15.9 Å². The normalized spacial score (nSPS) is 22.7. The second-order valence-electron chi connectivity index (χ2n) is 6.58. The van der Waals surface area contributed by atoms with Crippen LogP contribution in [0.15, 0.2) is 24.3 Å². The Morgan fingerprint density at radius 1 is 1.05 bits per heavy atom. The Kier molecular flexibility index (Phi) is 4.72. The number of rotatable bonds is 4. The van der Waals surface area contributed by atoms with Crippen LogP contribution < -0.4 is 4.90 Å². The summed E-state index contributed by atoms with van der Waals surface area (Å²) in [4.78, 5) is 4.90. The largest absolute Gasteiger partial charge is 0.396 e. The number of para-hydroxylation sites is 1. The van der Waals surface area contributed by atoms with Gasteiger partial charge in [0, 0.05) is 44.7 Å². The Bertz CT molecular complexity index is 466. The summed E-state index contributed by atoms with van der Waals surface area (Å²) < 4.78 is 0. The van der Waals surface area contributed by atoms with E-state index in [1.165, 1.54) is 25.7 Å². The van der Waals surface area contributed by atoms with Crippen LogP contribution in [0.2, 0.25) is 5.02 Å². The molecule has 1 aromatic rings. The minimum atomic E-state index is 0.173. The fraction of sp³-hybridized carbons (Fsp3) is 0.647. The fourth-order valence-electron chi connectivity index (χ4n) is 3.82. The molecule has 2 fully saturated rings. The van der Waals surface area contributed by atoms with Crippen LogP contribution in [0.4, 0.5) is 5.69 Å². The number of nitrogens with zero attached hydrogens (tertiary/aromatic N) is 2. The van der Waals surface area contributed by atoms with Crippen molar-refractivity contribution in [3.05, 3.63) is 29.3 Å². The van der Waals surface area contributed by atoms with Crippen LogP contribution in [0.3, 0.4) is 0 Å². The van der Waals surface area contributed by atoms with Gasteiger partial charge < -0.3 is 10.0 Å². The summed E-state index contributed by atoms with van der Waals surface area (Å²) >= 11 is 6.29. The van der Waals surface area contributed by atoms with Gasteiger partial charge in [-0.2, -0.15) is 0 Å². The highest BCUT2D eigenvalue weighted by Crippen LogP contribution is 2.38. The molecular formula is C17H25ClN2O. The van der Waals surface area contributed by atoms with E-state index in [0.717, 1.165) is 43.4 Å². The zero-order valence-electron chi connectivity index (χ0n) is 12.6. The van der Waals surface area contributed by atoms with E-state index in [1.54, 1.807) is 0 Å². The number of benzene rings is 1. The number of halogens is 1. The molecule has 1 aliphatic heterocycles. The van der Waals surface area contributed by atoms with E-state index < -0.39 is 0 Å². The maximum atomic E-state index is 9.76. The molecule has 1 heterocycles. The van der Waals surface area contributed by atoms with Crippen LogP contribution in [0, 0.1) is 5.41 Å². The van der Waals surface area contributed by atoms with Gasteiger partial charge in [-0.05, 0) is 25.0 Å². The van der Waals surface area contributed by atoms with E-state index in [4.69, 9.17) is 11.6 Å². The molecular weight excluding hydrogens is 284 g/mol. The van der Waals surface area contributed by atoms with Crippen LogP contribution in [-0.4, -0.2) is 49.3 Å². The first-order valence-corrected chi connectivity index (χ1v) is 8.43. The Morgan fingerprint density at radius 2 is 1.71 bits per heavy atom. The maximum Gasteiger partial charge on any atom is 0.0639 e. The highest BCUT2D eigenvalue weighted by atomic mass is 35.5. The maximum absolute atomic E-state index is 9.76. The van der Waals surface area contributed by atoms with Crippen molar-refractivity contribution < 1.29 is 5.11 Å². The molecule has 0 bridgehead atoms. The lowest BCUT2D eigenvalue weighted by Gasteiger charge is -2.40. The van der Waals surface area contributed by atoms with Crippen LogP contribution in [0.1, 0.15) is 25.7 Å². The quantitative estimate of drug-likeness (QED) is 0.926. The molecule has 4 heteroatoms. The van der Waals surface area contributed by atoms with Crippen molar-refractivity contribution in [2.45, 2.75) is 25.7 Å². The topological polar surface area (TPSA) is 26.7 Å². The number of aliphatic hydroxyl groups excluding tert-OH is 1. The van der Waals surface area contributed by atoms with Gasteiger partial charge in [0.2, 0.25) is 0 Å². The minimum Gasteiger partial charge on any atom is -0.396 e. The zero-order chi connectivity index (χ0) is 14.7. The first-order valence-electron chi connectivity index (χ1n) is 8.05. The molecule has 0 radical (unpaired) electrons. The Labute approximate surface area is 132 Å². The van der Waals surface area contributed by atoms with Crippen LogP contribution >= 0.6 is 11.6 Å². The predicted molar refractivity (Wildman–Crippen MR) is 88.1 cm³/mol. The lowest BCUT2D eigenvalue weighted by Crippen LogP contribution is -2.50. The van der Waals surface area contributed by atoms with Crippen molar-refractivity contribution in [3.63, 3.8) is 0 Å². The molecule has 1 saturated carbocycles. The van der Waals surface area contributed by atoms with Crippen molar-refractivity contribution in [3.8, 4) is 0 Å². The average Bonchev–Trinajstić information content (AvgIpc) is 2.98. The molecule has 0 amide bonds. The summed E-state index contributed by atoms with van der Waals surface area (Å²) in [5.74, 6) is 0. The third-order valence-electron chi connectivity index (χ3n) is 5.12. The summed E-state index contributed by atoms with van der Waals surface area (Å²) in [5.41, 5.74) is 1.32. The van der Waals surface area contributed by atoms with Crippen LogP contribution in [0.25, 0.3) is 0 Å². The molecule has 21 heavy (non-hydrogen) atoms. The number of anilines is 1. The molecule has 0 unspecified atom stereocenters. The van der Waals surface area contributed by atoms with Crippen LogP contribution in [0.5, 0.6) is 0 Å². The van der Waals surface area contributed by atoms with Gasteiger partial charge in [-0.1, -0.05) is 36.6 Å². The second kappa shape index (κ2) is 6.55. The molecule has 2 aliphatic rings. The summed E-state index contributed by atoms with van der Waals surface area (Å²) in [6, 6.07) is 8.09. The molecule has 116 valence electrons. The van der Waals surface area contributed by atoms with E-state index in [0.29, 0.717) is 6.61 Å². The monoisotopic (exact) mass is 308 g/mol. The Hall–Kier alpha value is -0.770. The second-order valence-corrected chi connectivity index (χ2v) is 6.99. The Balaban J connectivity index is 1.57. The summed E-state index contributed by atoms with van der Waals surface area (Å²) in [6.07, 6.45) is 4.93. The third-order valence-corrected chi connectivity index (χ3v) is 5.44. The smallest absolute Gasteiger partial charge is 0.0639 e. The number of piperazine rings is 1. The van der Waals surface area contributed by atoms with Gasteiger partial charge >= 0.3 is 0 Å². The third kappa shape index (κ3) is 3.36. The molecule has 1 aromatic carbocycles. The molecule has 3 rings (SSSR count). The SMILES string of the molecule is OCC1(CN2CCN(c3ccccc3Cl)CC2)CCCC1. The standard InChI is InChI=1S/C17H25ClN2O/c18-15-5-1-2-6-16(15)20-11-9-19(10-12-20)13-17(14-21)7-3-4-8-17/h1-2,5-6,21H,3-4,7-14H2.